The SMILES string of the molecule is CCn1c(-n2cc(/C=N/NC(N)=S)c(-c3ccc(Cl)cc3)n2)nc2c1c(=O)n(C)c(=O)n2C. The van der Waals surface area contributed by atoms with Crippen LogP contribution < -0.4 is 22.4 Å². The highest BCUT2D eigenvalue weighted by Crippen LogP contribution is 2.25. The van der Waals surface area contributed by atoms with Crippen molar-refractivity contribution in [1.29, 1.82) is 0 Å². The number of nitrogens with two attached hydrogens (primary N) is 1. The van der Waals surface area contributed by atoms with E-state index in [9.17, 15) is 9.59 Å². The maximum Gasteiger partial charge on any atom is 0.332 e. The molecular weight excluding hydrogens is 466 g/mol. The highest BCUT2D eigenvalue weighted by atomic mass is 35.5. The molecule has 3 aromatic heterocycles. The van der Waals surface area contributed by atoms with Crippen molar-refractivity contribution in [2.75, 3.05) is 0 Å². The van der Waals surface area contributed by atoms with Gasteiger partial charge in [-0.3, -0.25) is 19.4 Å². The Balaban J connectivity index is 1.97. The fourth-order valence-corrected chi connectivity index (χ4v) is 3.67. The zero-order valence-electron chi connectivity index (χ0n) is 18.0. The van der Waals surface area contributed by atoms with Gasteiger partial charge in [-0.2, -0.15) is 15.2 Å². The molecular formula is C20H20ClN9O2S. The van der Waals surface area contributed by atoms with Gasteiger partial charge < -0.3 is 10.3 Å². The Morgan fingerprint density at radius 1 is 1.24 bits per heavy atom. The molecule has 13 heteroatoms. The smallest absolute Gasteiger partial charge is 0.332 e. The fourth-order valence-electron chi connectivity index (χ4n) is 3.49. The van der Waals surface area contributed by atoms with Crippen molar-refractivity contribution in [3.05, 3.63) is 61.9 Å². The molecule has 11 nitrogen and oxygen atoms in total. The van der Waals surface area contributed by atoms with Gasteiger partial charge in [0.05, 0.1) is 6.21 Å². The monoisotopic (exact) mass is 485 g/mol. The highest BCUT2D eigenvalue weighted by molar-refractivity contribution is 7.80. The number of thiocarbonyl (C=S) groups is 1. The second kappa shape index (κ2) is 8.64. The van der Waals surface area contributed by atoms with Crippen molar-refractivity contribution in [3.63, 3.8) is 0 Å². The maximum absolute atomic E-state index is 12.8. The average Bonchev–Trinajstić information content (AvgIpc) is 3.38. The van der Waals surface area contributed by atoms with Crippen LogP contribution in [0.3, 0.4) is 0 Å². The van der Waals surface area contributed by atoms with E-state index in [0.717, 1.165) is 10.1 Å². The molecule has 0 fully saturated rings. The Kier molecular flexibility index (Phi) is 5.87. The highest BCUT2D eigenvalue weighted by Gasteiger charge is 2.21. The molecule has 0 radical (unpaired) electrons. The minimum atomic E-state index is -0.459. The van der Waals surface area contributed by atoms with E-state index in [1.807, 2.05) is 19.1 Å². The van der Waals surface area contributed by atoms with Gasteiger partial charge in [-0.05, 0) is 31.3 Å². The van der Waals surface area contributed by atoms with E-state index < -0.39 is 11.2 Å². The van der Waals surface area contributed by atoms with Crippen LogP contribution >= 0.6 is 23.8 Å². The third-order valence-corrected chi connectivity index (χ3v) is 5.43. The summed E-state index contributed by atoms with van der Waals surface area (Å²) in [5.41, 5.74) is 9.68. The van der Waals surface area contributed by atoms with Crippen LogP contribution in [0.5, 0.6) is 0 Å². The Hall–Kier alpha value is -3.77. The summed E-state index contributed by atoms with van der Waals surface area (Å²) in [6, 6.07) is 7.17. The zero-order chi connectivity index (χ0) is 23.9. The Bertz CT molecular complexity index is 1530. The zero-order valence-corrected chi connectivity index (χ0v) is 19.6. The summed E-state index contributed by atoms with van der Waals surface area (Å²) in [7, 11) is 3.01. The molecule has 0 saturated heterocycles. The van der Waals surface area contributed by atoms with Crippen LogP contribution in [0.4, 0.5) is 0 Å². The van der Waals surface area contributed by atoms with E-state index in [1.54, 1.807) is 34.6 Å². The Morgan fingerprint density at radius 3 is 2.58 bits per heavy atom. The number of rotatable bonds is 5. The van der Waals surface area contributed by atoms with Crippen molar-refractivity contribution in [2.24, 2.45) is 24.9 Å². The van der Waals surface area contributed by atoms with Crippen molar-refractivity contribution >= 4 is 46.3 Å². The molecule has 170 valence electrons. The molecule has 0 aliphatic carbocycles. The van der Waals surface area contributed by atoms with Crippen molar-refractivity contribution in [3.8, 4) is 17.2 Å². The van der Waals surface area contributed by atoms with Crippen LogP contribution in [-0.2, 0) is 20.6 Å². The van der Waals surface area contributed by atoms with Gasteiger partial charge in [0.25, 0.3) is 5.56 Å². The molecule has 0 unspecified atom stereocenters. The predicted octanol–water partition coefficient (Wildman–Crippen LogP) is 1.13. The standard InChI is InChI=1S/C20H20ClN9O2S/c1-4-29-15-16(27(2)20(32)28(3)17(15)31)24-19(29)30-10-12(9-23-25-18(22)33)14(26-30)11-5-7-13(21)8-6-11/h5-10H,4H2,1-3H3,(H3,22,25,33)/b23-9+. The van der Waals surface area contributed by atoms with Crippen molar-refractivity contribution in [1.82, 2.24) is 33.9 Å². The number of fused-ring (bicyclic) bond motifs is 1. The molecule has 0 aliphatic rings. The maximum atomic E-state index is 12.8. The van der Waals surface area contributed by atoms with Gasteiger partial charge in [-0.25, -0.2) is 9.48 Å². The number of halogens is 1. The van der Waals surface area contributed by atoms with Gasteiger partial charge in [0.2, 0.25) is 5.95 Å². The van der Waals surface area contributed by atoms with Crippen LogP contribution in [0.2, 0.25) is 5.02 Å². The van der Waals surface area contributed by atoms with E-state index in [0.29, 0.717) is 34.3 Å². The molecule has 3 heterocycles. The second-order valence-corrected chi connectivity index (χ2v) is 8.03. The lowest BCUT2D eigenvalue weighted by molar-refractivity contribution is 0.687. The summed E-state index contributed by atoms with van der Waals surface area (Å²) in [4.78, 5) is 29.8. The number of imidazole rings is 1. The number of hydrogen-bond donors (Lipinski definition) is 2. The van der Waals surface area contributed by atoms with E-state index >= 15 is 0 Å². The third-order valence-electron chi connectivity index (χ3n) is 5.09. The Morgan fingerprint density at radius 2 is 1.94 bits per heavy atom. The molecule has 0 spiro atoms. The van der Waals surface area contributed by atoms with Gasteiger partial charge in [-0.1, -0.05) is 23.7 Å². The van der Waals surface area contributed by atoms with Crippen LogP contribution in [0.1, 0.15) is 12.5 Å². The first-order valence-electron chi connectivity index (χ1n) is 9.83. The molecule has 4 aromatic rings. The minimum absolute atomic E-state index is 0.0243. The molecule has 4 rings (SSSR count). The lowest BCUT2D eigenvalue weighted by atomic mass is 10.1. The largest absolute Gasteiger partial charge is 0.375 e. The first-order chi connectivity index (χ1) is 15.7. The molecule has 0 bridgehead atoms. The van der Waals surface area contributed by atoms with Gasteiger partial charge >= 0.3 is 5.69 Å². The summed E-state index contributed by atoms with van der Waals surface area (Å²) in [6.07, 6.45) is 3.24. The molecule has 33 heavy (non-hydrogen) atoms. The number of benzene rings is 1. The lowest BCUT2D eigenvalue weighted by Crippen LogP contribution is -2.37. The van der Waals surface area contributed by atoms with Gasteiger partial charge in [0.15, 0.2) is 16.3 Å². The fraction of sp³-hybridized carbons (Fsp3) is 0.200. The van der Waals surface area contributed by atoms with E-state index in [4.69, 9.17) is 34.7 Å². The van der Waals surface area contributed by atoms with E-state index in [-0.39, 0.29) is 10.8 Å². The van der Waals surface area contributed by atoms with E-state index in [1.165, 1.54) is 17.8 Å². The number of hydrazone groups is 1. The predicted molar refractivity (Wildman–Crippen MR) is 131 cm³/mol. The molecule has 0 amide bonds. The number of hydrogen-bond acceptors (Lipinski definition) is 6. The topological polar surface area (TPSA) is 130 Å². The molecule has 0 aliphatic heterocycles. The molecule has 3 N–H and O–H groups in total. The second-order valence-electron chi connectivity index (χ2n) is 7.15. The number of aromatic nitrogens is 6. The summed E-state index contributed by atoms with van der Waals surface area (Å²) in [6.45, 7) is 2.31. The normalized spacial score (nSPS) is 11.5. The summed E-state index contributed by atoms with van der Waals surface area (Å²) in [5, 5.41) is 9.35. The quantitative estimate of drug-likeness (QED) is 0.246. The van der Waals surface area contributed by atoms with Crippen LogP contribution in [-0.4, -0.2) is 39.8 Å². The minimum Gasteiger partial charge on any atom is -0.375 e. The number of nitrogens with one attached hydrogen (secondary N) is 1. The van der Waals surface area contributed by atoms with Crippen LogP contribution in [0.15, 0.2) is 45.2 Å². The number of aryl methyl sites for hydroxylation is 2. The lowest BCUT2D eigenvalue weighted by Gasteiger charge is -2.06. The molecule has 0 atom stereocenters. The molecule has 0 saturated carbocycles. The van der Waals surface area contributed by atoms with Crippen LogP contribution in [0, 0.1) is 0 Å². The third kappa shape index (κ3) is 3.94. The molecule has 1 aromatic carbocycles. The summed E-state index contributed by atoms with van der Waals surface area (Å²) < 4.78 is 5.65. The van der Waals surface area contributed by atoms with Crippen molar-refractivity contribution in [2.45, 2.75) is 13.5 Å². The van der Waals surface area contributed by atoms with Gasteiger partial charge in [0.1, 0.15) is 5.69 Å². The van der Waals surface area contributed by atoms with Crippen molar-refractivity contribution < 1.29 is 0 Å². The number of nitrogens with zero attached hydrogens (tertiary/aromatic N) is 7. The first kappa shape index (κ1) is 22.4. The Labute approximate surface area is 197 Å². The first-order valence-corrected chi connectivity index (χ1v) is 10.6. The summed E-state index contributed by atoms with van der Waals surface area (Å²) in [5.74, 6) is 0.378. The van der Waals surface area contributed by atoms with Gasteiger partial charge in [0, 0.05) is 43.0 Å². The van der Waals surface area contributed by atoms with E-state index in [2.05, 4.69) is 15.5 Å². The average molecular weight is 486 g/mol. The summed E-state index contributed by atoms with van der Waals surface area (Å²) >= 11 is 10.8. The van der Waals surface area contributed by atoms with Crippen LogP contribution in [0.25, 0.3) is 28.4 Å². The van der Waals surface area contributed by atoms with Gasteiger partial charge in [-0.15, -0.1) is 0 Å².